The number of benzene rings is 1. The highest BCUT2D eigenvalue weighted by Crippen LogP contribution is 2.22. The molecular formula is C14H15NO4. The first-order valence-corrected chi connectivity index (χ1v) is 6.28. The minimum Gasteiger partial charge on any atom is -0.508 e. The molecule has 0 amide bonds. The van der Waals surface area contributed by atoms with E-state index in [4.69, 9.17) is 9.15 Å². The SMILES string of the molecule is O=c1cc(CN2CCOCC2)c2ccc(O)cc2o1. The second kappa shape index (κ2) is 5.03. The molecule has 5 heteroatoms. The van der Waals surface area contributed by atoms with Crippen LogP contribution in [0.2, 0.25) is 0 Å². The maximum atomic E-state index is 11.6. The van der Waals surface area contributed by atoms with Gasteiger partial charge in [-0.1, -0.05) is 0 Å². The van der Waals surface area contributed by atoms with Gasteiger partial charge < -0.3 is 14.3 Å². The van der Waals surface area contributed by atoms with E-state index < -0.39 is 0 Å². The van der Waals surface area contributed by atoms with Crippen LogP contribution in [0.15, 0.2) is 33.5 Å². The standard InChI is InChI=1S/C14H15NO4/c16-11-1-2-12-10(7-14(17)19-13(12)8-11)9-15-3-5-18-6-4-15/h1-2,7-8,16H,3-6,9H2. The molecule has 0 unspecified atom stereocenters. The van der Waals surface area contributed by atoms with Crippen LogP contribution in [-0.4, -0.2) is 36.3 Å². The maximum Gasteiger partial charge on any atom is 0.336 e. The van der Waals surface area contributed by atoms with Crippen LogP contribution in [0.25, 0.3) is 11.0 Å². The van der Waals surface area contributed by atoms with Gasteiger partial charge in [-0.3, -0.25) is 4.90 Å². The Hall–Kier alpha value is -1.85. The molecule has 1 aliphatic heterocycles. The van der Waals surface area contributed by atoms with Crippen LogP contribution in [0, 0.1) is 0 Å². The normalized spacial score (nSPS) is 16.8. The molecule has 1 aliphatic rings. The van der Waals surface area contributed by atoms with Crippen molar-refractivity contribution in [1.29, 1.82) is 0 Å². The van der Waals surface area contributed by atoms with Crippen LogP contribution < -0.4 is 5.63 Å². The number of ether oxygens (including phenoxy) is 1. The number of phenolic OH excluding ortho intramolecular Hbond substituents is 1. The first kappa shape index (κ1) is 12.2. The van der Waals surface area contributed by atoms with Gasteiger partial charge in [0.1, 0.15) is 11.3 Å². The topological polar surface area (TPSA) is 62.9 Å². The summed E-state index contributed by atoms with van der Waals surface area (Å²) >= 11 is 0. The van der Waals surface area contributed by atoms with Crippen molar-refractivity contribution in [2.45, 2.75) is 6.54 Å². The lowest BCUT2D eigenvalue weighted by atomic mass is 10.1. The van der Waals surface area contributed by atoms with Gasteiger partial charge in [0, 0.05) is 37.2 Å². The van der Waals surface area contributed by atoms with Gasteiger partial charge in [-0.2, -0.15) is 0 Å². The fourth-order valence-corrected chi connectivity index (χ4v) is 2.35. The number of morpholine rings is 1. The monoisotopic (exact) mass is 261 g/mol. The molecule has 1 fully saturated rings. The molecule has 0 radical (unpaired) electrons. The number of fused-ring (bicyclic) bond motifs is 1. The van der Waals surface area contributed by atoms with E-state index in [2.05, 4.69) is 4.90 Å². The number of phenols is 1. The molecule has 3 rings (SSSR count). The number of aromatic hydroxyl groups is 1. The van der Waals surface area contributed by atoms with Gasteiger partial charge in [0.05, 0.1) is 13.2 Å². The molecule has 100 valence electrons. The lowest BCUT2D eigenvalue weighted by Gasteiger charge is -2.26. The van der Waals surface area contributed by atoms with Crippen molar-refractivity contribution in [3.63, 3.8) is 0 Å². The van der Waals surface area contributed by atoms with Crippen LogP contribution in [0.1, 0.15) is 5.56 Å². The Morgan fingerprint density at radius 2 is 2.00 bits per heavy atom. The lowest BCUT2D eigenvalue weighted by Crippen LogP contribution is -2.35. The molecular weight excluding hydrogens is 246 g/mol. The maximum absolute atomic E-state index is 11.6. The van der Waals surface area contributed by atoms with Crippen molar-refractivity contribution in [2.75, 3.05) is 26.3 Å². The highest BCUT2D eigenvalue weighted by Gasteiger charge is 2.13. The molecule has 1 aromatic heterocycles. The Labute approximate surface area is 110 Å². The van der Waals surface area contributed by atoms with E-state index >= 15 is 0 Å². The summed E-state index contributed by atoms with van der Waals surface area (Å²) in [5.74, 6) is 0.0965. The number of hydrogen-bond donors (Lipinski definition) is 1. The molecule has 0 bridgehead atoms. The van der Waals surface area contributed by atoms with Crippen LogP contribution in [0.5, 0.6) is 5.75 Å². The van der Waals surface area contributed by atoms with Crippen LogP contribution in [0.4, 0.5) is 0 Å². The molecule has 19 heavy (non-hydrogen) atoms. The predicted octanol–water partition coefficient (Wildman–Crippen LogP) is 1.33. The molecule has 0 spiro atoms. The van der Waals surface area contributed by atoms with Crippen molar-refractivity contribution in [2.24, 2.45) is 0 Å². The second-order valence-corrected chi connectivity index (χ2v) is 4.66. The predicted molar refractivity (Wildman–Crippen MR) is 70.2 cm³/mol. The fraction of sp³-hybridized carbons (Fsp3) is 0.357. The third-order valence-corrected chi connectivity index (χ3v) is 3.31. The molecule has 0 atom stereocenters. The molecule has 5 nitrogen and oxygen atoms in total. The summed E-state index contributed by atoms with van der Waals surface area (Å²) in [6.45, 7) is 3.86. The minimum atomic E-state index is -0.388. The largest absolute Gasteiger partial charge is 0.508 e. The van der Waals surface area contributed by atoms with Crippen LogP contribution in [-0.2, 0) is 11.3 Å². The Morgan fingerprint density at radius 3 is 2.79 bits per heavy atom. The molecule has 0 aliphatic carbocycles. The Morgan fingerprint density at radius 1 is 1.21 bits per heavy atom. The highest BCUT2D eigenvalue weighted by atomic mass is 16.5. The van der Waals surface area contributed by atoms with E-state index in [9.17, 15) is 9.90 Å². The summed E-state index contributed by atoms with van der Waals surface area (Å²) in [5.41, 5.74) is 0.963. The van der Waals surface area contributed by atoms with Gasteiger partial charge in [0.2, 0.25) is 0 Å². The van der Waals surface area contributed by atoms with Gasteiger partial charge in [-0.05, 0) is 17.7 Å². The summed E-state index contributed by atoms with van der Waals surface area (Å²) in [5, 5.41) is 10.3. The third kappa shape index (κ3) is 2.62. The van der Waals surface area contributed by atoms with Crippen LogP contribution in [0.3, 0.4) is 0 Å². The number of nitrogens with zero attached hydrogens (tertiary/aromatic N) is 1. The Kier molecular flexibility index (Phi) is 3.23. The van der Waals surface area contributed by atoms with E-state index in [0.717, 1.165) is 37.3 Å². The molecule has 2 aromatic rings. The van der Waals surface area contributed by atoms with Gasteiger partial charge in [-0.15, -0.1) is 0 Å². The van der Waals surface area contributed by atoms with E-state index in [1.54, 1.807) is 12.1 Å². The van der Waals surface area contributed by atoms with Crippen molar-refractivity contribution in [3.05, 3.63) is 40.2 Å². The molecule has 0 saturated carbocycles. The fourth-order valence-electron chi connectivity index (χ4n) is 2.35. The zero-order chi connectivity index (χ0) is 13.2. The quantitative estimate of drug-likeness (QED) is 0.826. The van der Waals surface area contributed by atoms with E-state index in [-0.39, 0.29) is 11.4 Å². The summed E-state index contributed by atoms with van der Waals surface area (Å²) in [4.78, 5) is 13.8. The van der Waals surface area contributed by atoms with Crippen molar-refractivity contribution < 1.29 is 14.3 Å². The van der Waals surface area contributed by atoms with Gasteiger partial charge in [-0.25, -0.2) is 4.79 Å². The Bertz CT molecular complexity index is 643. The van der Waals surface area contributed by atoms with Crippen LogP contribution >= 0.6 is 0 Å². The van der Waals surface area contributed by atoms with E-state index in [1.807, 2.05) is 0 Å². The third-order valence-electron chi connectivity index (χ3n) is 3.31. The van der Waals surface area contributed by atoms with E-state index in [0.29, 0.717) is 12.1 Å². The summed E-state index contributed by atoms with van der Waals surface area (Å²) in [7, 11) is 0. The molecule has 1 aromatic carbocycles. The summed E-state index contributed by atoms with van der Waals surface area (Å²) < 4.78 is 10.4. The minimum absolute atomic E-state index is 0.0965. The first-order chi connectivity index (χ1) is 9.22. The number of rotatable bonds is 2. The summed E-state index contributed by atoms with van der Waals surface area (Å²) in [6.07, 6.45) is 0. The van der Waals surface area contributed by atoms with Gasteiger partial charge >= 0.3 is 5.63 Å². The Balaban J connectivity index is 1.99. The molecule has 1 saturated heterocycles. The lowest BCUT2D eigenvalue weighted by molar-refractivity contribution is 0.0343. The van der Waals surface area contributed by atoms with Gasteiger partial charge in [0.25, 0.3) is 0 Å². The number of hydrogen-bond acceptors (Lipinski definition) is 5. The van der Waals surface area contributed by atoms with Crippen molar-refractivity contribution in [1.82, 2.24) is 4.90 Å². The zero-order valence-corrected chi connectivity index (χ0v) is 10.5. The average Bonchev–Trinajstić information content (AvgIpc) is 2.39. The van der Waals surface area contributed by atoms with Crippen molar-refractivity contribution in [3.8, 4) is 5.75 Å². The average molecular weight is 261 g/mol. The van der Waals surface area contributed by atoms with Gasteiger partial charge in [0.15, 0.2) is 0 Å². The van der Waals surface area contributed by atoms with Crippen molar-refractivity contribution >= 4 is 11.0 Å². The second-order valence-electron chi connectivity index (χ2n) is 4.66. The first-order valence-electron chi connectivity index (χ1n) is 6.28. The highest BCUT2D eigenvalue weighted by molar-refractivity contribution is 5.81. The van der Waals surface area contributed by atoms with E-state index in [1.165, 1.54) is 12.1 Å². The summed E-state index contributed by atoms with van der Waals surface area (Å²) in [6, 6.07) is 6.38. The zero-order valence-electron chi connectivity index (χ0n) is 10.5. The molecule has 2 heterocycles. The smallest absolute Gasteiger partial charge is 0.336 e. The molecule has 1 N–H and O–H groups in total.